The monoisotopic (exact) mass is 578 g/mol. The Balaban J connectivity index is 3.53. The molecule has 0 spiro atoms. The lowest BCUT2D eigenvalue weighted by Gasteiger charge is -2.44. The predicted molar refractivity (Wildman–Crippen MR) is 75.5 cm³/mol. The van der Waals surface area contributed by atoms with E-state index in [9.17, 15) is 65.9 Å². The van der Waals surface area contributed by atoms with Crippen molar-refractivity contribution in [1.82, 2.24) is 0 Å². The van der Waals surface area contributed by atoms with Crippen LogP contribution in [0.25, 0.3) is 0 Å². The topological polar surface area (TPSA) is 0 Å². The van der Waals surface area contributed by atoms with Crippen LogP contribution in [0.2, 0.25) is 0 Å². The first-order valence-electron chi connectivity index (χ1n) is 7.49. The molecule has 1 saturated carbocycles. The molecule has 0 aromatic heterocycles. The van der Waals surface area contributed by atoms with Crippen LogP contribution in [0.1, 0.15) is 25.7 Å². The minimum Gasteiger partial charge on any atom is -0.199 e. The van der Waals surface area contributed by atoms with E-state index in [-0.39, 0.29) is 19.3 Å². The van der Waals surface area contributed by atoms with Gasteiger partial charge in [0.2, 0.25) is 0 Å². The number of hydrogen-bond acceptors (Lipinski definition) is 0. The maximum absolute atomic E-state index is 14.1. The Morgan fingerprint density at radius 1 is 0.483 bits per heavy atom. The molecular weight excluding hydrogens is 568 g/mol. The van der Waals surface area contributed by atoms with Crippen molar-refractivity contribution in [3.63, 3.8) is 0 Å². The fraction of sp³-hybridized carbons (Fsp3) is 1.00. The van der Waals surface area contributed by atoms with Gasteiger partial charge in [-0.2, -0.15) is 65.9 Å². The quantitative estimate of drug-likeness (QED) is 0.176. The molecule has 174 valence electrons. The molecule has 1 rings (SSSR count). The molecule has 0 amide bonds. The molecule has 2 atom stereocenters. The highest BCUT2D eigenvalue weighted by atomic mass is 127. The van der Waals surface area contributed by atoms with E-state index in [1.165, 1.54) is 0 Å². The van der Waals surface area contributed by atoms with Crippen LogP contribution in [0.3, 0.4) is 0 Å². The van der Waals surface area contributed by atoms with Crippen molar-refractivity contribution >= 4 is 22.6 Å². The lowest BCUT2D eigenvalue weighted by molar-refractivity contribution is -0.454. The van der Waals surface area contributed by atoms with E-state index in [0.717, 1.165) is 22.6 Å². The Labute approximate surface area is 166 Å². The van der Waals surface area contributed by atoms with Gasteiger partial charge in [-0.15, -0.1) is 0 Å². The minimum atomic E-state index is -8.21. The summed E-state index contributed by atoms with van der Waals surface area (Å²) in [5, 5.41) is 0. The van der Waals surface area contributed by atoms with E-state index in [1.807, 2.05) is 0 Å². The molecule has 0 N–H and O–H groups in total. The van der Waals surface area contributed by atoms with Gasteiger partial charge in [0.25, 0.3) is 0 Å². The van der Waals surface area contributed by atoms with Gasteiger partial charge in [-0.1, -0.05) is 35.4 Å². The summed E-state index contributed by atoms with van der Waals surface area (Å²) in [7, 11) is 0. The zero-order chi connectivity index (χ0) is 23.5. The van der Waals surface area contributed by atoms with E-state index in [1.54, 1.807) is 0 Å². The molecule has 1 aliphatic rings. The van der Waals surface area contributed by atoms with Gasteiger partial charge in [-0.25, -0.2) is 0 Å². The molecule has 0 saturated heterocycles. The second-order valence-corrected chi connectivity index (χ2v) is 8.00. The summed E-state index contributed by atoms with van der Waals surface area (Å²) in [4.78, 5) is 0. The number of rotatable bonds is 6. The first-order valence-corrected chi connectivity index (χ1v) is 8.74. The highest BCUT2D eigenvalue weighted by Crippen LogP contribution is 2.64. The van der Waals surface area contributed by atoms with Crippen LogP contribution < -0.4 is 0 Å². The van der Waals surface area contributed by atoms with Gasteiger partial charge in [0, 0.05) is 9.84 Å². The van der Waals surface area contributed by atoms with Crippen molar-refractivity contribution in [2.24, 2.45) is 5.92 Å². The van der Waals surface area contributed by atoms with Crippen LogP contribution in [0.4, 0.5) is 65.9 Å². The third-order valence-electron chi connectivity index (χ3n) is 4.50. The summed E-state index contributed by atoms with van der Waals surface area (Å²) in [6.07, 6.45) is -8.85. The molecule has 0 aromatic rings. The van der Waals surface area contributed by atoms with Crippen molar-refractivity contribution in [1.29, 1.82) is 0 Å². The van der Waals surface area contributed by atoms with E-state index >= 15 is 0 Å². The van der Waals surface area contributed by atoms with Crippen LogP contribution in [-0.4, -0.2) is 45.6 Å². The van der Waals surface area contributed by atoms with Crippen LogP contribution in [0.15, 0.2) is 0 Å². The Morgan fingerprint density at radius 3 is 1.21 bits per heavy atom. The normalized spacial score (nSPS) is 24.0. The van der Waals surface area contributed by atoms with Crippen molar-refractivity contribution < 1.29 is 65.9 Å². The SMILES string of the molecule is FC(F)(F)C(F)(F)C(F)(F)C(F)(F)C(F)(F)C(F)(F)C(F)(F)C1CCCCC1I. The molecular formula is C13H10F15I. The third kappa shape index (κ3) is 3.65. The van der Waals surface area contributed by atoms with Gasteiger partial charge in [-0.05, 0) is 12.8 Å². The van der Waals surface area contributed by atoms with Gasteiger partial charge in [0.1, 0.15) is 0 Å². The van der Waals surface area contributed by atoms with Crippen LogP contribution in [0, 0.1) is 5.92 Å². The Hall–Kier alpha value is -0.320. The van der Waals surface area contributed by atoms with E-state index in [4.69, 9.17) is 0 Å². The summed E-state index contributed by atoms with van der Waals surface area (Å²) in [5.41, 5.74) is 0. The van der Waals surface area contributed by atoms with Crippen molar-refractivity contribution in [3.05, 3.63) is 0 Å². The molecule has 16 heteroatoms. The highest BCUT2D eigenvalue weighted by Gasteiger charge is 2.93. The summed E-state index contributed by atoms with van der Waals surface area (Å²) < 4.78 is 196. The molecule has 0 radical (unpaired) electrons. The van der Waals surface area contributed by atoms with Crippen LogP contribution in [-0.2, 0) is 0 Å². The van der Waals surface area contributed by atoms with E-state index in [2.05, 4.69) is 0 Å². The Kier molecular flexibility index (Phi) is 6.80. The van der Waals surface area contributed by atoms with E-state index in [0.29, 0.717) is 0 Å². The molecule has 2 unspecified atom stereocenters. The fourth-order valence-corrected chi connectivity index (χ4v) is 3.96. The molecule has 0 bridgehead atoms. The Morgan fingerprint density at radius 2 is 0.828 bits per heavy atom. The number of alkyl halides is 16. The smallest absolute Gasteiger partial charge is 0.199 e. The molecule has 0 aromatic carbocycles. The van der Waals surface area contributed by atoms with Crippen LogP contribution in [0.5, 0.6) is 0 Å². The van der Waals surface area contributed by atoms with Crippen molar-refractivity contribution in [2.75, 3.05) is 0 Å². The van der Waals surface area contributed by atoms with E-state index < -0.39 is 58.0 Å². The largest absolute Gasteiger partial charge is 0.460 e. The molecule has 1 aliphatic carbocycles. The summed E-state index contributed by atoms with van der Waals surface area (Å²) in [5.74, 6) is -48.6. The van der Waals surface area contributed by atoms with Gasteiger partial charge in [0.05, 0.1) is 0 Å². The molecule has 0 heterocycles. The second kappa shape index (κ2) is 7.38. The molecule has 0 aliphatic heterocycles. The van der Waals surface area contributed by atoms with Crippen LogP contribution >= 0.6 is 22.6 Å². The average Bonchev–Trinajstić information content (AvgIpc) is 2.53. The lowest BCUT2D eigenvalue weighted by Crippen LogP contribution is -2.73. The predicted octanol–water partition coefficient (Wildman–Crippen LogP) is 7.35. The summed E-state index contributed by atoms with van der Waals surface area (Å²) >= 11 is 1.11. The average molecular weight is 578 g/mol. The fourth-order valence-electron chi connectivity index (χ4n) is 2.71. The highest BCUT2D eigenvalue weighted by molar-refractivity contribution is 14.1. The summed E-state index contributed by atoms with van der Waals surface area (Å²) in [6, 6.07) is 0. The maximum Gasteiger partial charge on any atom is 0.460 e. The standard InChI is InChI=1S/C13H10F15I/c14-7(15,5-3-1-2-4-6(5)29)8(16,17)9(18,19)10(20,21)11(22,23)12(24,25)13(26,27)28/h5-6H,1-4H2. The van der Waals surface area contributed by atoms with Gasteiger partial charge in [0.15, 0.2) is 0 Å². The molecule has 29 heavy (non-hydrogen) atoms. The molecule has 0 nitrogen and oxygen atoms in total. The lowest BCUT2D eigenvalue weighted by atomic mass is 9.79. The maximum atomic E-state index is 14.1. The second-order valence-electron chi connectivity index (χ2n) is 6.40. The third-order valence-corrected chi connectivity index (χ3v) is 5.99. The summed E-state index contributed by atoms with van der Waals surface area (Å²) in [6.45, 7) is 0. The van der Waals surface area contributed by atoms with Crippen molar-refractivity contribution in [3.8, 4) is 0 Å². The van der Waals surface area contributed by atoms with Gasteiger partial charge >= 0.3 is 41.7 Å². The van der Waals surface area contributed by atoms with Gasteiger partial charge < -0.3 is 0 Å². The minimum absolute atomic E-state index is 0.161. The Bertz CT molecular complexity index is 594. The number of halogens is 16. The number of hydrogen-bond donors (Lipinski definition) is 0. The zero-order valence-corrected chi connectivity index (χ0v) is 15.7. The van der Waals surface area contributed by atoms with Crippen molar-refractivity contribution in [2.45, 2.75) is 71.3 Å². The van der Waals surface area contributed by atoms with Gasteiger partial charge in [-0.3, -0.25) is 0 Å². The first-order chi connectivity index (χ1) is 12.5. The first kappa shape index (κ1) is 26.7. The zero-order valence-electron chi connectivity index (χ0n) is 13.5. The molecule has 1 fully saturated rings.